The molecule has 40 heavy (non-hydrogen) atoms. The zero-order valence-corrected chi connectivity index (χ0v) is 22.3. The van der Waals surface area contributed by atoms with Crippen molar-refractivity contribution in [3.63, 3.8) is 0 Å². The molecule has 1 aromatic heterocycles. The van der Waals surface area contributed by atoms with Gasteiger partial charge in [0, 0.05) is 5.56 Å². The second kappa shape index (κ2) is 10.7. The van der Waals surface area contributed by atoms with Gasteiger partial charge in [0.2, 0.25) is 0 Å². The molecule has 2 aromatic carbocycles. The number of hydrogen-bond donors (Lipinski definition) is 2. The van der Waals surface area contributed by atoms with Crippen LogP contribution in [0.1, 0.15) is 32.5 Å². The molecule has 206 valence electrons. The molecule has 12 heteroatoms. The third-order valence-electron chi connectivity index (χ3n) is 6.29. The lowest BCUT2D eigenvalue weighted by Gasteiger charge is -2.24. The van der Waals surface area contributed by atoms with E-state index in [2.05, 4.69) is 11.6 Å². The third kappa shape index (κ3) is 4.62. The second-order valence-electron chi connectivity index (χ2n) is 8.76. The van der Waals surface area contributed by atoms with Gasteiger partial charge < -0.3 is 29.2 Å². The van der Waals surface area contributed by atoms with Crippen molar-refractivity contribution in [2.75, 3.05) is 31.8 Å². The zero-order valence-electron chi connectivity index (χ0n) is 21.5. The predicted molar refractivity (Wildman–Crippen MR) is 144 cm³/mol. The molecule has 2 N–H and O–H groups in total. The fourth-order valence-corrected chi connectivity index (χ4v) is 5.42. The van der Waals surface area contributed by atoms with E-state index in [1.807, 2.05) is 0 Å². The molecule has 0 saturated carbocycles. The Bertz CT molecular complexity index is 1580. The third-order valence-corrected chi connectivity index (χ3v) is 7.43. The van der Waals surface area contributed by atoms with Crippen molar-refractivity contribution >= 4 is 39.9 Å². The van der Waals surface area contributed by atoms with Gasteiger partial charge in [0.15, 0.2) is 28.1 Å². The summed E-state index contributed by atoms with van der Waals surface area (Å²) in [6, 6.07) is 7.80. The van der Waals surface area contributed by atoms with Crippen molar-refractivity contribution in [1.29, 1.82) is 0 Å². The largest absolute Gasteiger partial charge is 0.507 e. The number of phenolic OH excluding ortho intramolecular Hbond substituents is 1. The van der Waals surface area contributed by atoms with Crippen LogP contribution in [-0.2, 0) is 14.3 Å². The number of benzene rings is 2. The molecule has 0 aliphatic carbocycles. The minimum absolute atomic E-state index is 0.0150. The van der Waals surface area contributed by atoms with Gasteiger partial charge in [0.05, 0.1) is 24.4 Å². The molecule has 0 bridgehead atoms. The number of aromatic nitrogens is 1. The number of esters is 1. The highest BCUT2D eigenvalue weighted by molar-refractivity contribution is 7.17. The lowest BCUT2D eigenvalue weighted by Crippen LogP contribution is -2.29. The normalized spacial score (nSPS) is 17.6. The molecule has 1 saturated heterocycles. The summed E-state index contributed by atoms with van der Waals surface area (Å²) in [5.41, 5.74) is 0.640. The number of ketones is 1. The molecule has 3 aromatic rings. The molecule has 2 aliphatic rings. The van der Waals surface area contributed by atoms with Gasteiger partial charge in [-0.15, -0.1) is 0 Å². The molecule has 1 amide bonds. The average molecular weight is 565 g/mol. The number of carbonyl (C=O) groups excluding carboxylic acids is 3. The Hall–Kier alpha value is -4.84. The Morgan fingerprint density at radius 1 is 1.20 bits per heavy atom. The van der Waals surface area contributed by atoms with E-state index in [1.54, 1.807) is 19.1 Å². The molecule has 5 rings (SSSR count). The number of fused-ring (bicyclic) bond motifs is 1. The van der Waals surface area contributed by atoms with E-state index in [9.17, 15) is 24.6 Å². The summed E-state index contributed by atoms with van der Waals surface area (Å²) in [4.78, 5) is 45.2. The van der Waals surface area contributed by atoms with Crippen molar-refractivity contribution in [3.05, 3.63) is 76.3 Å². The van der Waals surface area contributed by atoms with Gasteiger partial charge in [-0.05, 0) is 42.8 Å². The maximum absolute atomic E-state index is 13.5. The fourth-order valence-electron chi connectivity index (χ4n) is 4.43. The summed E-state index contributed by atoms with van der Waals surface area (Å²) in [6.07, 6.45) is 1.42. The summed E-state index contributed by atoms with van der Waals surface area (Å²) in [5.74, 6) is -2.24. The Labute approximate surface area is 232 Å². The van der Waals surface area contributed by atoms with Crippen LogP contribution in [0, 0.1) is 6.92 Å². The predicted octanol–water partition coefficient (Wildman–Crippen LogP) is 3.91. The summed E-state index contributed by atoms with van der Waals surface area (Å²) in [7, 11) is 1.36. The van der Waals surface area contributed by atoms with E-state index in [0.717, 1.165) is 16.2 Å². The number of methoxy groups -OCH3 is 1. The Morgan fingerprint density at radius 3 is 2.67 bits per heavy atom. The van der Waals surface area contributed by atoms with Gasteiger partial charge in [0.1, 0.15) is 30.5 Å². The first-order valence-electron chi connectivity index (χ1n) is 12.1. The van der Waals surface area contributed by atoms with Gasteiger partial charge in [-0.25, -0.2) is 9.78 Å². The van der Waals surface area contributed by atoms with Crippen molar-refractivity contribution in [2.45, 2.75) is 13.0 Å². The van der Waals surface area contributed by atoms with Gasteiger partial charge in [-0.3, -0.25) is 14.5 Å². The van der Waals surface area contributed by atoms with E-state index in [1.165, 1.54) is 37.5 Å². The monoisotopic (exact) mass is 564 g/mol. The molecule has 1 unspecified atom stereocenters. The van der Waals surface area contributed by atoms with Gasteiger partial charge >= 0.3 is 11.9 Å². The van der Waals surface area contributed by atoms with Crippen LogP contribution in [0.5, 0.6) is 23.0 Å². The summed E-state index contributed by atoms with van der Waals surface area (Å²) in [6.45, 7) is 5.78. The van der Waals surface area contributed by atoms with E-state index < -0.39 is 29.5 Å². The topological polar surface area (TPSA) is 145 Å². The van der Waals surface area contributed by atoms with Crippen LogP contribution in [0.25, 0.3) is 5.76 Å². The van der Waals surface area contributed by atoms with Crippen LogP contribution < -0.4 is 19.1 Å². The standard InChI is InChI=1S/C28H24N2O9S/c1-4-9-39-27(35)25-14(2)29-28(40-25)30-22(15-5-7-17(31)19(12-15)36-3)21(24(33)26(30)34)23(32)16-6-8-18-20(13-16)38-11-10-37-18/h4-8,12-13,22,31-32H,1,9-11H2,2-3H3. The average Bonchev–Trinajstić information content (AvgIpc) is 3.47. The molecular formula is C28H24N2O9S. The highest BCUT2D eigenvalue weighted by Crippen LogP contribution is 2.46. The lowest BCUT2D eigenvalue weighted by molar-refractivity contribution is -0.132. The number of thiazole rings is 1. The lowest BCUT2D eigenvalue weighted by atomic mass is 9.95. The number of anilines is 1. The molecule has 1 atom stereocenters. The van der Waals surface area contributed by atoms with Crippen molar-refractivity contribution in [3.8, 4) is 23.0 Å². The Balaban J connectivity index is 1.67. The van der Waals surface area contributed by atoms with Crippen LogP contribution in [0.15, 0.2) is 54.6 Å². The quantitative estimate of drug-likeness (QED) is 0.142. The highest BCUT2D eigenvalue weighted by atomic mass is 32.1. The molecule has 2 aliphatic heterocycles. The summed E-state index contributed by atoms with van der Waals surface area (Å²) >= 11 is 0.872. The molecule has 11 nitrogen and oxygen atoms in total. The number of rotatable bonds is 7. The second-order valence-corrected chi connectivity index (χ2v) is 9.73. The Morgan fingerprint density at radius 2 is 1.95 bits per heavy atom. The minimum Gasteiger partial charge on any atom is -0.507 e. The summed E-state index contributed by atoms with van der Waals surface area (Å²) < 4.78 is 21.5. The number of aromatic hydroxyl groups is 1. The molecule has 1 fully saturated rings. The van der Waals surface area contributed by atoms with Crippen molar-refractivity contribution in [1.82, 2.24) is 4.98 Å². The minimum atomic E-state index is -1.18. The fraction of sp³-hybridized carbons (Fsp3) is 0.214. The van der Waals surface area contributed by atoms with Gasteiger partial charge in [-0.2, -0.15) is 0 Å². The number of phenols is 1. The van der Waals surface area contributed by atoms with Gasteiger partial charge in [-0.1, -0.05) is 30.1 Å². The van der Waals surface area contributed by atoms with Crippen LogP contribution >= 0.6 is 11.3 Å². The maximum atomic E-state index is 13.5. The number of hydrogen-bond acceptors (Lipinski definition) is 11. The van der Waals surface area contributed by atoms with Crippen LogP contribution in [0.3, 0.4) is 0 Å². The van der Waals surface area contributed by atoms with Crippen LogP contribution in [0.2, 0.25) is 0 Å². The molecule has 0 radical (unpaired) electrons. The van der Waals surface area contributed by atoms with Crippen molar-refractivity contribution in [2.24, 2.45) is 0 Å². The number of nitrogens with zero attached hydrogens (tertiary/aromatic N) is 2. The number of aliphatic hydroxyl groups excluding tert-OH is 1. The zero-order chi connectivity index (χ0) is 28.6. The van der Waals surface area contributed by atoms with E-state index in [0.29, 0.717) is 36.0 Å². The van der Waals surface area contributed by atoms with Crippen LogP contribution in [-0.4, -0.2) is 59.8 Å². The molecular weight excluding hydrogens is 540 g/mol. The van der Waals surface area contributed by atoms with Crippen LogP contribution in [0.4, 0.5) is 5.13 Å². The first-order chi connectivity index (χ1) is 19.2. The van der Waals surface area contributed by atoms with E-state index in [-0.39, 0.29) is 39.3 Å². The van der Waals surface area contributed by atoms with E-state index in [4.69, 9.17) is 18.9 Å². The SMILES string of the molecule is C=CCOC(=O)c1sc(N2C(=O)C(=O)C(=C(O)c3ccc4c(c3)OCCO4)C2c2ccc(O)c(OC)c2)nc1C. The number of amides is 1. The number of carbonyl (C=O) groups is 3. The molecule has 3 heterocycles. The van der Waals surface area contributed by atoms with Crippen molar-refractivity contribution < 1.29 is 43.5 Å². The first kappa shape index (κ1) is 26.8. The van der Waals surface area contributed by atoms with Gasteiger partial charge in [0.25, 0.3) is 5.78 Å². The highest BCUT2D eigenvalue weighted by Gasteiger charge is 2.48. The summed E-state index contributed by atoms with van der Waals surface area (Å²) in [5, 5.41) is 21.7. The smallest absolute Gasteiger partial charge is 0.350 e. The van der Waals surface area contributed by atoms with E-state index >= 15 is 0 Å². The Kier molecular flexibility index (Phi) is 7.18. The number of aliphatic hydroxyl groups is 1. The first-order valence-corrected chi connectivity index (χ1v) is 12.9. The number of aryl methyl sites for hydroxylation is 1. The number of ether oxygens (including phenoxy) is 4. The number of Topliss-reactive ketones (excluding diaryl/α,β-unsaturated/α-hetero) is 1. The molecule has 0 spiro atoms. The maximum Gasteiger partial charge on any atom is 0.350 e.